The molecule has 1 heterocycles. The van der Waals surface area contributed by atoms with Crippen LogP contribution in [0.15, 0.2) is 6.07 Å². The second-order valence-corrected chi connectivity index (χ2v) is 4.03. The molecule has 6 heteroatoms. The molecule has 0 unspecified atom stereocenters. The Morgan fingerprint density at radius 1 is 1.35 bits per heavy atom. The molecule has 0 aliphatic rings. The van der Waals surface area contributed by atoms with E-state index in [1.54, 1.807) is 0 Å². The van der Waals surface area contributed by atoms with E-state index in [9.17, 15) is 13.2 Å². The van der Waals surface area contributed by atoms with Crippen molar-refractivity contribution in [2.45, 2.75) is 38.9 Å². The fourth-order valence-corrected chi connectivity index (χ4v) is 1.59. The molecule has 1 N–H and O–H groups in total. The van der Waals surface area contributed by atoms with E-state index in [-0.39, 0.29) is 0 Å². The van der Waals surface area contributed by atoms with Crippen molar-refractivity contribution in [1.29, 1.82) is 0 Å². The third-order valence-corrected chi connectivity index (χ3v) is 2.48. The highest BCUT2D eigenvalue weighted by Gasteiger charge is 2.34. The van der Waals surface area contributed by atoms with Gasteiger partial charge in [0.2, 0.25) is 0 Å². The molecule has 3 nitrogen and oxygen atoms in total. The summed E-state index contributed by atoms with van der Waals surface area (Å²) < 4.78 is 38.3. The molecule has 0 saturated heterocycles. The van der Waals surface area contributed by atoms with Crippen LogP contribution in [0.2, 0.25) is 0 Å². The molecule has 0 saturated carbocycles. The number of rotatable bonds is 6. The first-order valence-corrected chi connectivity index (χ1v) is 5.76. The summed E-state index contributed by atoms with van der Waals surface area (Å²) in [5, 5.41) is 6.91. The van der Waals surface area contributed by atoms with E-state index in [2.05, 4.69) is 17.3 Å². The third kappa shape index (κ3) is 4.38. The lowest BCUT2D eigenvalue weighted by Gasteiger charge is -2.04. The van der Waals surface area contributed by atoms with Crippen molar-refractivity contribution < 1.29 is 13.2 Å². The molecule has 0 radical (unpaired) electrons. The number of aryl methyl sites for hydroxylation is 1. The molecule has 0 aliphatic heterocycles. The summed E-state index contributed by atoms with van der Waals surface area (Å²) >= 11 is 0. The number of aromatic nitrogens is 2. The molecule has 1 aromatic heterocycles. The first-order chi connectivity index (χ1) is 7.95. The Morgan fingerprint density at radius 2 is 2.06 bits per heavy atom. The van der Waals surface area contributed by atoms with Gasteiger partial charge >= 0.3 is 6.18 Å². The van der Waals surface area contributed by atoms with Gasteiger partial charge in [0, 0.05) is 13.6 Å². The van der Waals surface area contributed by atoms with Gasteiger partial charge in [-0.25, -0.2) is 0 Å². The van der Waals surface area contributed by atoms with Gasteiger partial charge in [0.25, 0.3) is 0 Å². The van der Waals surface area contributed by atoms with Crippen molar-refractivity contribution >= 4 is 0 Å². The van der Waals surface area contributed by atoms with Crippen LogP contribution in [-0.4, -0.2) is 16.3 Å². The van der Waals surface area contributed by atoms with Crippen molar-refractivity contribution in [3.05, 3.63) is 17.5 Å². The second-order valence-electron chi connectivity index (χ2n) is 4.03. The monoisotopic (exact) mass is 249 g/mol. The SMILES string of the molecule is CCCCCNCc1cc(C(F)(F)F)n(C)n1. The number of nitrogens with zero attached hydrogens (tertiary/aromatic N) is 2. The van der Waals surface area contributed by atoms with Crippen LogP contribution in [0.4, 0.5) is 13.2 Å². The van der Waals surface area contributed by atoms with E-state index < -0.39 is 11.9 Å². The van der Waals surface area contributed by atoms with Crippen molar-refractivity contribution in [3.8, 4) is 0 Å². The van der Waals surface area contributed by atoms with Crippen LogP contribution in [0.25, 0.3) is 0 Å². The van der Waals surface area contributed by atoms with E-state index in [1.165, 1.54) is 7.05 Å². The van der Waals surface area contributed by atoms with Crippen molar-refractivity contribution in [2.24, 2.45) is 7.05 Å². The molecule has 0 spiro atoms. The van der Waals surface area contributed by atoms with Gasteiger partial charge in [-0.15, -0.1) is 0 Å². The molecule has 0 aromatic carbocycles. The van der Waals surface area contributed by atoms with Crippen LogP contribution < -0.4 is 5.32 Å². The molecule has 0 bridgehead atoms. The van der Waals surface area contributed by atoms with E-state index in [1.807, 2.05) is 0 Å². The average Bonchev–Trinajstić information content (AvgIpc) is 2.59. The predicted molar refractivity (Wildman–Crippen MR) is 59.4 cm³/mol. The topological polar surface area (TPSA) is 29.9 Å². The molecule has 17 heavy (non-hydrogen) atoms. The van der Waals surface area contributed by atoms with Gasteiger partial charge in [0.1, 0.15) is 5.69 Å². The van der Waals surface area contributed by atoms with Crippen LogP contribution in [0.3, 0.4) is 0 Å². The van der Waals surface area contributed by atoms with Crippen molar-refractivity contribution in [1.82, 2.24) is 15.1 Å². The van der Waals surface area contributed by atoms with Gasteiger partial charge in [0.05, 0.1) is 5.69 Å². The normalized spacial score (nSPS) is 12.1. The summed E-state index contributed by atoms with van der Waals surface area (Å²) in [7, 11) is 1.31. The first-order valence-electron chi connectivity index (χ1n) is 5.76. The van der Waals surface area contributed by atoms with Crippen LogP contribution >= 0.6 is 0 Å². The molecule has 0 fully saturated rings. The minimum Gasteiger partial charge on any atom is -0.311 e. The summed E-state index contributed by atoms with van der Waals surface area (Å²) in [6, 6.07) is 1.09. The Balaban J connectivity index is 2.45. The Labute approximate surface area is 99.0 Å². The highest BCUT2D eigenvalue weighted by molar-refractivity contribution is 5.13. The van der Waals surface area contributed by atoms with Crippen molar-refractivity contribution in [3.63, 3.8) is 0 Å². The van der Waals surface area contributed by atoms with E-state index in [0.29, 0.717) is 12.2 Å². The lowest BCUT2D eigenvalue weighted by Crippen LogP contribution is -2.15. The lowest BCUT2D eigenvalue weighted by atomic mass is 10.2. The summed E-state index contributed by atoms with van der Waals surface area (Å²) in [4.78, 5) is 0. The molecule has 1 aromatic rings. The highest BCUT2D eigenvalue weighted by Crippen LogP contribution is 2.29. The Hall–Kier alpha value is -1.04. The first kappa shape index (κ1) is 14.0. The van der Waals surface area contributed by atoms with E-state index in [4.69, 9.17) is 0 Å². The average molecular weight is 249 g/mol. The van der Waals surface area contributed by atoms with Gasteiger partial charge < -0.3 is 5.32 Å². The molecule has 0 atom stereocenters. The summed E-state index contributed by atoms with van der Waals surface area (Å²) in [5.41, 5.74) is -0.279. The standard InChI is InChI=1S/C11H18F3N3/c1-3-4-5-6-15-8-9-7-10(11(12,13)14)17(2)16-9/h7,15H,3-6,8H2,1-2H3. The number of hydrogen-bond donors (Lipinski definition) is 1. The highest BCUT2D eigenvalue weighted by atomic mass is 19.4. The largest absolute Gasteiger partial charge is 0.433 e. The predicted octanol–water partition coefficient (Wildman–Crippen LogP) is 2.72. The van der Waals surface area contributed by atoms with Crippen molar-refractivity contribution in [2.75, 3.05) is 6.54 Å². The number of unbranched alkanes of at least 4 members (excludes halogenated alkanes) is 2. The van der Waals surface area contributed by atoms with E-state index in [0.717, 1.165) is 36.6 Å². The minimum atomic E-state index is -4.33. The van der Waals surface area contributed by atoms with Crippen LogP contribution in [-0.2, 0) is 19.8 Å². The lowest BCUT2D eigenvalue weighted by molar-refractivity contribution is -0.143. The Kier molecular flexibility index (Phi) is 4.99. The van der Waals surface area contributed by atoms with Crippen LogP contribution in [0.1, 0.15) is 37.6 Å². The number of hydrogen-bond acceptors (Lipinski definition) is 2. The fourth-order valence-electron chi connectivity index (χ4n) is 1.59. The minimum absolute atomic E-state index is 0.383. The van der Waals surface area contributed by atoms with Gasteiger partial charge in [-0.3, -0.25) is 4.68 Å². The van der Waals surface area contributed by atoms with Crippen LogP contribution in [0.5, 0.6) is 0 Å². The van der Waals surface area contributed by atoms with Crippen LogP contribution in [0, 0.1) is 0 Å². The number of alkyl halides is 3. The van der Waals surface area contributed by atoms with Gasteiger partial charge in [-0.05, 0) is 19.0 Å². The molecular formula is C11H18F3N3. The zero-order valence-electron chi connectivity index (χ0n) is 10.1. The molecule has 0 aliphatic carbocycles. The number of nitrogens with one attached hydrogen (secondary N) is 1. The Bertz CT molecular complexity index is 344. The maximum atomic E-state index is 12.5. The summed E-state index contributed by atoms with van der Waals surface area (Å²) in [5.74, 6) is 0. The molecule has 98 valence electrons. The number of halogens is 3. The maximum Gasteiger partial charge on any atom is 0.433 e. The Morgan fingerprint density at radius 3 is 2.59 bits per heavy atom. The molecular weight excluding hydrogens is 231 g/mol. The summed E-state index contributed by atoms with van der Waals surface area (Å²) in [6.45, 7) is 3.30. The van der Waals surface area contributed by atoms with Gasteiger partial charge in [-0.2, -0.15) is 18.3 Å². The quantitative estimate of drug-likeness (QED) is 0.786. The molecule has 1 rings (SSSR count). The third-order valence-electron chi connectivity index (χ3n) is 2.48. The fraction of sp³-hybridized carbons (Fsp3) is 0.727. The smallest absolute Gasteiger partial charge is 0.311 e. The second kappa shape index (κ2) is 6.05. The van der Waals surface area contributed by atoms with Gasteiger partial charge in [0.15, 0.2) is 0 Å². The zero-order chi connectivity index (χ0) is 12.9. The summed E-state index contributed by atoms with van der Waals surface area (Å²) in [6.07, 6.45) is -1.04. The zero-order valence-corrected chi connectivity index (χ0v) is 10.1. The van der Waals surface area contributed by atoms with E-state index >= 15 is 0 Å². The molecule has 0 amide bonds. The van der Waals surface area contributed by atoms with Gasteiger partial charge in [-0.1, -0.05) is 19.8 Å². The maximum absolute atomic E-state index is 12.5.